The van der Waals surface area contributed by atoms with Crippen molar-refractivity contribution in [2.24, 2.45) is 0 Å². The van der Waals surface area contributed by atoms with E-state index in [1.807, 2.05) is 12.1 Å². The van der Waals surface area contributed by atoms with Gasteiger partial charge in [0.05, 0.1) is 12.8 Å². The van der Waals surface area contributed by atoms with Gasteiger partial charge in [-0.2, -0.15) is 0 Å². The monoisotopic (exact) mass is 225 g/mol. The molecule has 0 spiro atoms. The number of rotatable bonds is 2. The Morgan fingerprint density at radius 1 is 1.53 bits per heavy atom. The van der Waals surface area contributed by atoms with Gasteiger partial charge in [-0.3, -0.25) is 0 Å². The van der Waals surface area contributed by atoms with Crippen LogP contribution in [-0.4, -0.2) is 36.2 Å². The molecule has 2 N–H and O–H groups in total. The topological polar surface area (TPSA) is 40.4 Å². The largest absolute Gasteiger partial charge is 0.467 e. The Balaban J connectivity index is 1.76. The van der Waals surface area contributed by atoms with Gasteiger partial charge in [0.25, 0.3) is 0 Å². The van der Waals surface area contributed by atoms with Gasteiger partial charge < -0.3 is 20.0 Å². The molecule has 1 saturated heterocycles. The van der Waals surface area contributed by atoms with E-state index in [2.05, 4.69) is 15.5 Å². The molecule has 2 rings (SSSR count). The summed E-state index contributed by atoms with van der Waals surface area (Å²) in [7, 11) is 0. The molecule has 15 heavy (non-hydrogen) atoms. The van der Waals surface area contributed by atoms with E-state index in [-0.39, 0.29) is 0 Å². The van der Waals surface area contributed by atoms with Crippen LogP contribution in [0.5, 0.6) is 0 Å². The van der Waals surface area contributed by atoms with Crippen molar-refractivity contribution in [2.45, 2.75) is 6.54 Å². The smallest absolute Gasteiger partial charge is 0.169 e. The minimum Gasteiger partial charge on any atom is -0.467 e. The van der Waals surface area contributed by atoms with Crippen molar-refractivity contribution in [3.63, 3.8) is 0 Å². The normalized spacial score (nSPS) is 16.4. The molecule has 0 aromatic carbocycles. The van der Waals surface area contributed by atoms with Crippen LogP contribution in [0, 0.1) is 0 Å². The first-order valence-electron chi connectivity index (χ1n) is 5.12. The molecule has 82 valence electrons. The number of furan rings is 1. The molecule has 0 amide bonds. The third-order valence-electron chi connectivity index (χ3n) is 2.40. The SMILES string of the molecule is S=C(NCc1ccco1)N1CCNCC1. The molecule has 1 aliphatic rings. The molecule has 0 bridgehead atoms. The van der Waals surface area contributed by atoms with Crippen molar-refractivity contribution in [3.8, 4) is 0 Å². The summed E-state index contributed by atoms with van der Waals surface area (Å²) >= 11 is 5.29. The Labute approximate surface area is 94.6 Å². The predicted octanol–water partition coefficient (Wildman–Crippen LogP) is 0.559. The molecule has 1 aromatic rings. The van der Waals surface area contributed by atoms with Crippen LogP contribution in [0.2, 0.25) is 0 Å². The van der Waals surface area contributed by atoms with Crippen molar-refractivity contribution in [1.82, 2.24) is 15.5 Å². The molecule has 2 heterocycles. The summed E-state index contributed by atoms with van der Waals surface area (Å²) in [4.78, 5) is 2.18. The zero-order valence-electron chi connectivity index (χ0n) is 8.53. The maximum absolute atomic E-state index is 5.29. The Hall–Kier alpha value is -1.07. The van der Waals surface area contributed by atoms with Gasteiger partial charge in [-0.15, -0.1) is 0 Å². The van der Waals surface area contributed by atoms with Crippen molar-refractivity contribution in [2.75, 3.05) is 26.2 Å². The van der Waals surface area contributed by atoms with Gasteiger partial charge >= 0.3 is 0 Å². The van der Waals surface area contributed by atoms with E-state index in [4.69, 9.17) is 16.6 Å². The van der Waals surface area contributed by atoms with Crippen LogP contribution in [-0.2, 0) is 6.54 Å². The van der Waals surface area contributed by atoms with Crippen LogP contribution in [0.3, 0.4) is 0 Å². The lowest BCUT2D eigenvalue weighted by molar-refractivity contribution is 0.351. The highest BCUT2D eigenvalue weighted by Crippen LogP contribution is 2.00. The Kier molecular flexibility index (Phi) is 3.58. The fourth-order valence-corrected chi connectivity index (χ4v) is 1.81. The highest BCUT2D eigenvalue weighted by Gasteiger charge is 2.12. The summed E-state index contributed by atoms with van der Waals surface area (Å²) in [5.74, 6) is 0.910. The minimum absolute atomic E-state index is 0.662. The summed E-state index contributed by atoms with van der Waals surface area (Å²) < 4.78 is 5.22. The molecule has 1 aliphatic heterocycles. The van der Waals surface area contributed by atoms with Crippen LogP contribution >= 0.6 is 12.2 Å². The van der Waals surface area contributed by atoms with Crippen LogP contribution in [0.4, 0.5) is 0 Å². The minimum atomic E-state index is 0.662. The van der Waals surface area contributed by atoms with E-state index in [0.29, 0.717) is 6.54 Å². The molecule has 5 heteroatoms. The Morgan fingerprint density at radius 2 is 2.33 bits per heavy atom. The molecule has 0 unspecified atom stereocenters. The van der Waals surface area contributed by atoms with Gasteiger partial charge in [0.2, 0.25) is 0 Å². The van der Waals surface area contributed by atoms with E-state index in [0.717, 1.165) is 37.1 Å². The molecular weight excluding hydrogens is 210 g/mol. The Morgan fingerprint density at radius 3 is 3.00 bits per heavy atom. The molecule has 0 atom stereocenters. The van der Waals surface area contributed by atoms with E-state index in [1.165, 1.54) is 0 Å². The van der Waals surface area contributed by atoms with E-state index in [1.54, 1.807) is 6.26 Å². The van der Waals surface area contributed by atoms with Gasteiger partial charge in [-0.25, -0.2) is 0 Å². The molecule has 0 saturated carbocycles. The lowest BCUT2D eigenvalue weighted by atomic mass is 10.4. The quantitative estimate of drug-likeness (QED) is 0.720. The lowest BCUT2D eigenvalue weighted by Crippen LogP contribution is -2.49. The maximum atomic E-state index is 5.29. The second-order valence-electron chi connectivity index (χ2n) is 3.48. The van der Waals surface area contributed by atoms with Crippen LogP contribution in [0.25, 0.3) is 0 Å². The van der Waals surface area contributed by atoms with Crippen molar-refractivity contribution >= 4 is 17.3 Å². The van der Waals surface area contributed by atoms with Crippen molar-refractivity contribution in [1.29, 1.82) is 0 Å². The summed E-state index contributed by atoms with van der Waals surface area (Å²) in [5.41, 5.74) is 0. The van der Waals surface area contributed by atoms with Gasteiger partial charge in [-0.05, 0) is 24.4 Å². The zero-order valence-corrected chi connectivity index (χ0v) is 9.35. The van der Waals surface area contributed by atoms with Crippen LogP contribution in [0.1, 0.15) is 5.76 Å². The Bertz CT molecular complexity index is 306. The first kappa shape index (κ1) is 10.4. The molecule has 0 radical (unpaired) electrons. The second kappa shape index (κ2) is 5.14. The molecule has 4 nitrogen and oxygen atoms in total. The molecular formula is C10H15N3OS. The highest BCUT2D eigenvalue weighted by atomic mass is 32.1. The third-order valence-corrected chi connectivity index (χ3v) is 2.80. The summed E-state index contributed by atoms with van der Waals surface area (Å²) in [6.07, 6.45) is 1.67. The average Bonchev–Trinajstić information content (AvgIpc) is 2.80. The number of piperazine rings is 1. The van der Waals surface area contributed by atoms with E-state index >= 15 is 0 Å². The number of thiocarbonyl (C=S) groups is 1. The average molecular weight is 225 g/mol. The standard InChI is InChI=1S/C10H15N3OS/c15-10(13-5-3-11-4-6-13)12-8-9-2-1-7-14-9/h1-2,7,11H,3-6,8H2,(H,12,15). The summed E-state index contributed by atoms with van der Waals surface area (Å²) in [6, 6.07) is 3.82. The first-order chi connectivity index (χ1) is 7.36. The third kappa shape index (κ3) is 2.94. The predicted molar refractivity (Wildman–Crippen MR) is 62.6 cm³/mol. The lowest BCUT2D eigenvalue weighted by Gasteiger charge is -2.29. The summed E-state index contributed by atoms with van der Waals surface area (Å²) in [6.45, 7) is 4.62. The number of hydrogen-bond acceptors (Lipinski definition) is 3. The van der Waals surface area contributed by atoms with Gasteiger partial charge in [0.1, 0.15) is 5.76 Å². The van der Waals surface area contributed by atoms with E-state index in [9.17, 15) is 0 Å². The van der Waals surface area contributed by atoms with Crippen LogP contribution in [0.15, 0.2) is 22.8 Å². The zero-order chi connectivity index (χ0) is 10.5. The van der Waals surface area contributed by atoms with Crippen molar-refractivity contribution < 1.29 is 4.42 Å². The van der Waals surface area contributed by atoms with Crippen LogP contribution < -0.4 is 10.6 Å². The number of nitrogens with one attached hydrogen (secondary N) is 2. The van der Waals surface area contributed by atoms with Gasteiger partial charge in [-0.1, -0.05) is 0 Å². The highest BCUT2D eigenvalue weighted by molar-refractivity contribution is 7.80. The molecule has 1 fully saturated rings. The number of nitrogens with zero attached hydrogens (tertiary/aromatic N) is 1. The van der Waals surface area contributed by atoms with Gasteiger partial charge in [0, 0.05) is 26.2 Å². The van der Waals surface area contributed by atoms with E-state index < -0.39 is 0 Å². The number of hydrogen-bond donors (Lipinski definition) is 2. The fraction of sp³-hybridized carbons (Fsp3) is 0.500. The van der Waals surface area contributed by atoms with Gasteiger partial charge in [0.15, 0.2) is 5.11 Å². The maximum Gasteiger partial charge on any atom is 0.169 e. The fourth-order valence-electron chi connectivity index (χ4n) is 1.56. The second-order valence-corrected chi connectivity index (χ2v) is 3.86. The van der Waals surface area contributed by atoms with Crippen molar-refractivity contribution in [3.05, 3.63) is 24.2 Å². The summed E-state index contributed by atoms with van der Waals surface area (Å²) in [5, 5.41) is 7.30. The molecule has 0 aliphatic carbocycles. The first-order valence-corrected chi connectivity index (χ1v) is 5.53. The molecule has 1 aromatic heterocycles.